The molecule has 0 N–H and O–H groups in total. The van der Waals surface area contributed by atoms with Crippen molar-refractivity contribution >= 4 is 0 Å². The van der Waals surface area contributed by atoms with Gasteiger partial charge in [-0.3, -0.25) is 0 Å². The van der Waals surface area contributed by atoms with Crippen LogP contribution in [0.15, 0.2) is 0 Å². The smallest absolute Gasteiger partial charge is 0.0786 e. The van der Waals surface area contributed by atoms with Crippen LogP contribution in [0.4, 0.5) is 0 Å². The molecule has 0 aromatic rings. The van der Waals surface area contributed by atoms with Crippen LogP contribution in [-0.2, 0) is 0 Å². The molecule has 148 valence electrons. The summed E-state index contributed by atoms with van der Waals surface area (Å²) in [5.41, 5.74) is 0. The maximum Gasteiger partial charge on any atom is 0.0786 e. The van der Waals surface area contributed by atoms with E-state index < -0.39 is 0 Å². The van der Waals surface area contributed by atoms with E-state index in [2.05, 4.69) is 13.8 Å². The van der Waals surface area contributed by atoms with Crippen LogP contribution in [0.25, 0.3) is 0 Å². The molecule has 2 heterocycles. The third kappa shape index (κ3) is 7.21. The number of likely N-dealkylation sites (tertiary alicyclic amines) is 2. The number of unbranched alkanes of at least 4 members (excludes halogenated alkanes) is 4. The van der Waals surface area contributed by atoms with Gasteiger partial charge in [-0.25, -0.2) is 0 Å². The first kappa shape index (κ1) is 21.2. The third-order valence-corrected chi connectivity index (χ3v) is 7.27. The first-order valence-corrected chi connectivity index (χ1v) is 11.9. The van der Waals surface area contributed by atoms with Gasteiger partial charge in [-0.1, -0.05) is 26.7 Å². The van der Waals surface area contributed by atoms with E-state index in [1.165, 1.54) is 145 Å². The normalized spacial score (nSPS) is 22.8. The molecule has 0 aromatic heterocycles. The summed E-state index contributed by atoms with van der Waals surface area (Å²) in [5.74, 6) is 0. The zero-order valence-corrected chi connectivity index (χ0v) is 17.7. The summed E-state index contributed by atoms with van der Waals surface area (Å²) in [5, 5.41) is 0. The summed E-state index contributed by atoms with van der Waals surface area (Å²) in [6, 6.07) is 0. The van der Waals surface area contributed by atoms with Crippen molar-refractivity contribution in [3.63, 3.8) is 0 Å². The Kier molecular flexibility index (Phi) is 9.84. The van der Waals surface area contributed by atoms with Crippen LogP contribution in [-0.4, -0.2) is 61.3 Å². The lowest BCUT2D eigenvalue weighted by Crippen LogP contribution is -2.53. The molecule has 0 atom stereocenters. The van der Waals surface area contributed by atoms with Crippen LogP contribution in [0.2, 0.25) is 0 Å². The van der Waals surface area contributed by atoms with E-state index in [9.17, 15) is 0 Å². The lowest BCUT2D eigenvalue weighted by atomic mass is 10.0. The van der Waals surface area contributed by atoms with E-state index in [4.69, 9.17) is 0 Å². The van der Waals surface area contributed by atoms with Crippen LogP contribution in [0.1, 0.15) is 97.3 Å². The molecule has 0 aliphatic carbocycles. The molecule has 2 aliphatic rings. The van der Waals surface area contributed by atoms with Gasteiger partial charge in [0.15, 0.2) is 0 Å². The highest BCUT2D eigenvalue weighted by molar-refractivity contribution is 4.58. The Bertz CT molecular complexity index is 295. The Morgan fingerprint density at radius 2 is 0.800 bits per heavy atom. The van der Waals surface area contributed by atoms with Crippen molar-refractivity contribution in [3.05, 3.63) is 0 Å². The van der Waals surface area contributed by atoms with Crippen molar-refractivity contribution in [1.29, 1.82) is 0 Å². The van der Waals surface area contributed by atoms with E-state index in [1.54, 1.807) is 0 Å². The molecular formula is C23H48N2+2. The summed E-state index contributed by atoms with van der Waals surface area (Å²) < 4.78 is 2.95. The summed E-state index contributed by atoms with van der Waals surface area (Å²) in [4.78, 5) is 0. The molecule has 25 heavy (non-hydrogen) atoms. The number of hydrogen-bond donors (Lipinski definition) is 0. The average molecular weight is 353 g/mol. The van der Waals surface area contributed by atoms with Gasteiger partial charge in [0.2, 0.25) is 0 Å². The topological polar surface area (TPSA) is 0 Å². The molecule has 2 saturated heterocycles. The molecule has 0 amide bonds. The molecule has 0 radical (unpaired) electrons. The molecule has 2 fully saturated rings. The maximum atomic E-state index is 2.36. The predicted molar refractivity (Wildman–Crippen MR) is 111 cm³/mol. The molecule has 2 aliphatic heterocycles. The zero-order chi connectivity index (χ0) is 17.8. The highest BCUT2D eigenvalue weighted by Crippen LogP contribution is 2.24. The van der Waals surface area contributed by atoms with Crippen LogP contribution in [0.3, 0.4) is 0 Å². The van der Waals surface area contributed by atoms with Crippen LogP contribution >= 0.6 is 0 Å². The van der Waals surface area contributed by atoms with E-state index >= 15 is 0 Å². The van der Waals surface area contributed by atoms with Crippen molar-refractivity contribution in [3.8, 4) is 0 Å². The second-order valence-electron chi connectivity index (χ2n) is 9.36. The number of nitrogens with zero attached hydrogens (tertiary/aromatic N) is 2. The summed E-state index contributed by atoms with van der Waals surface area (Å²) in [6.45, 7) is 16.5. The molecule has 2 nitrogen and oxygen atoms in total. The first-order valence-electron chi connectivity index (χ1n) is 11.9. The largest absolute Gasteiger partial charge is 0.324 e. The van der Waals surface area contributed by atoms with Gasteiger partial charge in [-0.2, -0.15) is 0 Å². The summed E-state index contributed by atoms with van der Waals surface area (Å²) in [6.07, 6.45) is 19.0. The maximum absolute atomic E-state index is 2.36. The molecule has 2 heteroatoms. The highest BCUT2D eigenvalue weighted by Gasteiger charge is 2.30. The zero-order valence-electron chi connectivity index (χ0n) is 17.7. The van der Waals surface area contributed by atoms with Crippen LogP contribution < -0.4 is 0 Å². The summed E-state index contributed by atoms with van der Waals surface area (Å²) in [7, 11) is 0. The second-order valence-corrected chi connectivity index (χ2v) is 9.36. The SMILES string of the molecule is CCCC[N+]1(CCCCC[N+]2(CCCC)CCCCC2)CCCCC1. The molecular weight excluding hydrogens is 304 g/mol. The Balaban J connectivity index is 1.70. The molecule has 0 bridgehead atoms. The van der Waals surface area contributed by atoms with Gasteiger partial charge < -0.3 is 8.97 Å². The van der Waals surface area contributed by atoms with Gasteiger partial charge in [0, 0.05) is 0 Å². The van der Waals surface area contributed by atoms with Crippen molar-refractivity contribution in [2.45, 2.75) is 97.3 Å². The fourth-order valence-corrected chi connectivity index (χ4v) is 5.54. The van der Waals surface area contributed by atoms with Crippen molar-refractivity contribution in [1.82, 2.24) is 0 Å². The first-order chi connectivity index (χ1) is 12.2. The van der Waals surface area contributed by atoms with Crippen LogP contribution in [0, 0.1) is 0 Å². The Morgan fingerprint density at radius 3 is 1.16 bits per heavy atom. The highest BCUT2D eigenvalue weighted by atomic mass is 15.4. The van der Waals surface area contributed by atoms with Gasteiger partial charge in [0.1, 0.15) is 0 Å². The Labute approximate surface area is 159 Å². The fourth-order valence-electron chi connectivity index (χ4n) is 5.54. The van der Waals surface area contributed by atoms with Crippen molar-refractivity contribution in [2.24, 2.45) is 0 Å². The lowest BCUT2D eigenvalue weighted by Gasteiger charge is -2.43. The van der Waals surface area contributed by atoms with Gasteiger partial charge >= 0.3 is 0 Å². The Hall–Kier alpha value is -0.0800. The van der Waals surface area contributed by atoms with Crippen molar-refractivity contribution in [2.75, 3.05) is 52.4 Å². The standard InChI is InChI=1S/C23H48N2/c1-3-5-16-24(18-10-7-11-19-24)22-14-9-15-23-25(17-6-4-2)20-12-8-13-21-25/h3-23H2,1-2H3/q+2. The number of hydrogen-bond acceptors (Lipinski definition) is 0. The fraction of sp³-hybridized carbons (Fsp3) is 1.00. The monoisotopic (exact) mass is 352 g/mol. The van der Waals surface area contributed by atoms with E-state index in [1.807, 2.05) is 0 Å². The molecule has 0 aromatic carbocycles. The summed E-state index contributed by atoms with van der Waals surface area (Å²) >= 11 is 0. The van der Waals surface area contributed by atoms with E-state index in [-0.39, 0.29) is 0 Å². The quantitative estimate of drug-likeness (QED) is 0.309. The van der Waals surface area contributed by atoms with Gasteiger partial charge in [0.25, 0.3) is 0 Å². The molecule has 0 spiro atoms. The van der Waals surface area contributed by atoms with Crippen LogP contribution in [0.5, 0.6) is 0 Å². The minimum absolute atomic E-state index is 1.37. The lowest BCUT2D eigenvalue weighted by molar-refractivity contribution is -0.934. The Morgan fingerprint density at radius 1 is 0.440 bits per heavy atom. The van der Waals surface area contributed by atoms with Gasteiger partial charge in [-0.05, 0) is 70.6 Å². The number of rotatable bonds is 12. The minimum Gasteiger partial charge on any atom is -0.324 e. The number of piperidine rings is 2. The van der Waals surface area contributed by atoms with E-state index in [0.717, 1.165) is 0 Å². The number of quaternary nitrogens is 2. The third-order valence-electron chi connectivity index (χ3n) is 7.27. The van der Waals surface area contributed by atoms with Gasteiger partial charge in [-0.15, -0.1) is 0 Å². The minimum atomic E-state index is 1.37. The average Bonchev–Trinajstić information content (AvgIpc) is 2.66. The van der Waals surface area contributed by atoms with E-state index in [0.29, 0.717) is 0 Å². The van der Waals surface area contributed by atoms with Gasteiger partial charge in [0.05, 0.1) is 52.4 Å². The predicted octanol–water partition coefficient (Wildman–Crippen LogP) is 5.76. The second kappa shape index (κ2) is 11.6. The molecule has 2 rings (SSSR count). The molecule has 0 saturated carbocycles. The van der Waals surface area contributed by atoms with Crippen molar-refractivity contribution < 1.29 is 8.97 Å². The molecule has 0 unspecified atom stereocenters.